The Morgan fingerprint density at radius 3 is 2.57 bits per heavy atom. The van der Waals surface area contributed by atoms with E-state index in [0.29, 0.717) is 11.8 Å². The van der Waals surface area contributed by atoms with E-state index in [0.717, 1.165) is 23.2 Å². The Morgan fingerprint density at radius 1 is 1.27 bits per heavy atom. The number of aromatic nitrogens is 3. The lowest BCUT2D eigenvalue weighted by atomic mass is 9.95. The zero-order valence-electron chi connectivity index (χ0n) is 15.3. The summed E-state index contributed by atoms with van der Waals surface area (Å²) in [5.41, 5.74) is -0.394. The fourth-order valence-electron chi connectivity index (χ4n) is 3.46. The molecule has 0 radical (unpaired) electrons. The van der Waals surface area contributed by atoms with E-state index in [-0.39, 0.29) is 39.9 Å². The maximum Gasteiger partial charge on any atom is 0.504 e. The quantitative estimate of drug-likeness (QED) is 0.637. The summed E-state index contributed by atoms with van der Waals surface area (Å²) in [6.07, 6.45) is -3.46. The topological polar surface area (TPSA) is 80.2 Å². The van der Waals surface area contributed by atoms with E-state index >= 15 is 0 Å². The van der Waals surface area contributed by atoms with E-state index in [1.165, 1.54) is 7.05 Å². The Morgan fingerprint density at radius 2 is 1.93 bits per heavy atom. The molecule has 1 amide bonds. The number of hydrogen-bond acceptors (Lipinski definition) is 4. The normalized spacial score (nSPS) is 16.5. The number of nitrogens with zero attached hydrogens (tertiary/aromatic N) is 3. The third kappa shape index (κ3) is 3.22. The van der Waals surface area contributed by atoms with Crippen molar-refractivity contribution in [2.45, 2.75) is 18.9 Å². The van der Waals surface area contributed by atoms with Crippen LogP contribution in [-0.2, 0) is 17.6 Å². The van der Waals surface area contributed by atoms with Gasteiger partial charge in [0.2, 0.25) is 0 Å². The van der Waals surface area contributed by atoms with Gasteiger partial charge in [0.25, 0.3) is 11.5 Å². The molecule has 0 bridgehead atoms. The molecule has 1 aliphatic rings. The van der Waals surface area contributed by atoms with Crippen LogP contribution in [-0.4, -0.2) is 39.2 Å². The number of carbonyl (C=O) groups excluding carboxylic acids is 1. The zero-order chi connectivity index (χ0) is 21.8. The van der Waals surface area contributed by atoms with Crippen LogP contribution in [0.2, 0.25) is 0 Å². The van der Waals surface area contributed by atoms with Gasteiger partial charge in [-0.2, -0.15) is 9.78 Å². The first-order valence-corrected chi connectivity index (χ1v) is 8.58. The lowest BCUT2D eigenvalue weighted by Gasteiger charge is -2.33. The van der Waals surface area contributed by atoms with Crippen LogP contribution in [0.3, 0.4) is 0 Å². The van der Waals surface area contributed by atoms with Gasteiger partial charge in [0.1, 0.15) is 0 Å². The van der Waals surface area contributed by atoms with Gasteiger partial charge in [-0.25, -0.2) is 8.78 Å². The second kappa shape index (κ2) is 6.90. The van der Waals surface area contributed by atoms with Gasteiger partial charge < -0.3 is 14.6 Å². The molecular formula is C18H13F5N4O3. The van der Waals surface area contributed by atoms with Gasteiger partial charge in [-0.3, -0.25) is 9.59 Å². The van der Waals surface area contributed by atoms with Crippen molar-refractivity contribution in [3.8, 4) is 0 Å². The predicted molar refractivity (Wildman–Crippen MR) is 92.5 cm³/mol. The van der Waals surface area contributed by atoms with Crippen LogP contribution in [0.15, 0.2) is 29.3 Å². The number of alkyl halides is 3. The molecule has 0 aliphatic carbocycles. The average Bonchev–Trinajstić information content (AvgIpc) is 3.18. The molecule has 0 saturated heterocycles. The maximum atomic E-state index is 13.9. The van der Waals surface area contributed by atoms with Crippen molar-refractivity contribution in [1.29, 1.82) is 0 Å². The number of H-pyrrole nitrogens is 1. The second-order valence-electron chi connectivity index (χ2n) is 6.75. The van der Waals surface area contributed by atoms with Crippen LogP contribution >= 0.6 is 0 Å². The van der Waals surface area contributed by atoms with Crippen LogP contribution in [0.1, 0.15) is 27.7 Å². The molecule has 1 atom stereocenters. The van der Waals surface area contributed by atoms with E-state index in [9.17, 15) is 31.5 Å². The Kier molecular flexibility index (Phi) is 4.60. The molecule has 0 unspecified atom stereocenters. The lowest BCUT2D eigenvalue weighted by Crippen LogP contribution is -2.37. The molecule has 12 heteroatoms. The standard InChI is InChI=1S/C18H13F5N4O3/c1-26(17(29)8-4-24-27(5-8)18(21,22)23)14-7-30-6-13-15(14)9-2-11(19)12(20)3-10(9)16(28)25-13/h2-5,14H,6-7H2,1H3,(H,25,28)/t14-/m0/s1. The van der Waals surface area contributed by atoms with E-state index < -0.39 is 35.4 Å². The molecule has 1 aromatic carbocycles. The smallest absolute Gasteiger partial charge is 0.373 e. The highest BCUT2D eigenvalue weighted by Gasteiger charge is 2.35. The molecule has 0 fully saturated rings. The fraction of sp³-hybridized carbons (Fsp3) is 0.278. The largest absolute Gasteiger partial charge is 0.504 e. The van der Waals surface area contributed by atoms with Gasteiger partial charge in [-0.15, -0.1) is 13.2 Å². The number of hydrogen-bond donors (Lipinski definition) is 1. The zero-order valence-corrected chi connectivity index (χ0v) is 15.3. The number of benzene rings is 1. The van der Waals surface area contributed by atoms with Crippen molar-refractivity contribution in [2.24, 2.45) is 0 Å². The van der Waals surface area contributed by atoms with E-state index in [1.54, 1.807) is 0 Å². The van der Waals surface area contributed by atoms with Gasteiger partial charge in [0.05, 0.1) is 36.4 Å². The number of rotatable bonds is 2. The van der Waals surface area contributed by atoms with Gasteiger partial charge >= 0.3 is 6.30 Å². The third-order valence-electron chi connectivity index (χ3n) is 4.92. The Hall–Kier alpha value is -3.28. The minimum atomic E-state index is -4.78. The molecule has 30 heavy (non-hydrogen) atoms. The fourth-order valence-corrected chi connectivity index (χ4v) is 3.46. The van der Waals surface area contributed by atoms with Gasteiger partial charge in [-0.05, 0) is 17.5 Å². The van der Waals surface area contributed by atoms with Gasteiger partial charge in [0.15, 0.2) is 11.6 Å². The summed E-state index contributed by atoms with van der Waals surface area (Å²) < 4.78 is 70.9. The average molecular weight is 428 g/mol. The van der Waals surface area contributed by atoms with Gasteiger partial charge in [-0.1, -0.05) is 0 Å². The molecule has 158 valence electrons. The van der Waals surface area contributed by atoms with Crippen LogP contribution in [0.5, 0.6) is 0 Å². The number of nitrogens with one attached hydrogen (secondary N) is 1. The summed E-state index contributed by atoms with van der Waals surface area (Å²) in [6.45, 7) is -0.104. The number of aromatic amines is 1. The minimum absolute atomic E-state index is 0.0377. The van der Waals surface area contributed by atoms with Crippen molar-refractivity contribution < 1.29 is 31.5 Å². The Bertz CT molecular complexity index is 1220. The highest BCUT2D eigenvalue weighted by Crippen LogP contribution is 2.34. The van der Waals surface area contributed by atoms with Crippen molar-refractivity contribution in [3.63, 3.8) is 0 Å². The summed E-state index contributed by atoms with van der Waals surface area (Å²) in [5, 5.41) is 3.11. The van der Waals surface area contributed by atoms with Crippen LogP contribution in [0, 0.1) is 11.6 Å². The van der Waals surface area contributed by atoms with Crippen LogP contribution in [0.4, 0.5) is 22.0 Å². The summed E-state index contributed by atoms with van der Waals surface area (Å²) in [5.74, 6) is -3.18. The van der Waals surface area contributed by atoms with Crippen LogP contribution < -0.4 is 5.56 Å². The summed E-state index contributed by atoms with van der Waals surface area (Å²) in [4.78, 5) is 28.6. The van der Waals surface area contributed by atoms with Gasteiger partial charge in [0, 0.05) is 24.5 Å². The van der Waals surface area contributed by atoms with E-state index in [4.69, 9.17) is 4.74 Å². The number of likely N-dealkylation sites (N-methyl/N-ethyl adjacent to an activating group) is 1. The molecule has 3 aromatic rings. The molecule has 0 saturated carbocycles. The highest BCUT2D eigenvalue weighted by atomic mass is 19.4. The van der Waals surface area contributed by atoms with Crippen LogP contribution in [0.25, 0.3) is 10.8 Å². The third-order valence-corrected chi connectivity index (χ3v) is 4.92. The highest BCUT2D eigenvalue weighted by molar-refractivity contribution is 5.94. The number of amides is 1. The number of carbonyl (C=O) groups is 1. The summed E-state index contributed by atoms with van der Waals surface area (Å²) in [7, 11) is 1.33. The number of fused-ring (bicyclic) bond motifs is 3. The molecule has 2 aromatic heterocycles. The summed E-state index contributed by atoms with van der Waals surface area (Å²) >= 11 is 0. The minimum Gasteiger partial charge on any atom is -0.373 e. The monoisotopic (exact) mass is 428 g/mol. The summed E-state index contributed by atoms with van der Waals surface area (Å²) in [6, 6.07) is 0.738. The van der Waals surface area contributed by atoms with E-state index in [1.807, 2.05) is 0 Å². The number of ether oxygens (including phenoxy) is 1. The molecule has 3 heterocycles. The Balaban J connectivity index is 1.80. The molecule has 1 N–H and O–H groups in total. The number of halogens is 5. The molecule has 4 rings (SSSR count). The lowest BCUT2D eigenvalue weighted by molar-refractivity contribution is -0.212. The predicted octanol–water partition coefficient (Wildman–Crippen LogP) is 2.82. The molecule has 0 spiro atoms. The van der Waals surface area contributed by atoms with Crippen molar-refractivity contribution in [3.05, 3.63) is 63.3 Å². The first-order chi connectivity index (χ1) is 14.1. The van der Waals surface area contributed by atoms with Crippen molar-refractivity contribution in [1.82, 2.24) is 19.7 Å². The SMILES string of the molecule is CN(C(=O)c1cnn(C(F)(F)F)c1)[C@H]1COCc2[nH]c(=O)c3cc(F)c(F)cc3c21. The Labute approximate surface area is 164 Å². The number of pyridine rings is 1. The first kappa shape index (κ1) is 20.0. The molecule has 1 aliphatic heterocycles. The first-order valence-electron chi connectivity index (χ1n) is 8.58. The second-order valence-corrected chi connectivity index (χ2v) is 6.75. The molecular weight excluding hydrogens is 415 g/mol. The maximum absolute atomic E-state index is 13.9. The van der Waals surface area contributed by atoms with E-state index in [2.05, 4.69) is 10.1 Å². The van der Waals surface area contributed by atoms with Crippen molar-refractivity contribution >= 4 is 16.7 Å². The van der Waals surface area contributed by atoms with Crippen molar-refractivity contribution in [2.75, 3.05) is 13.7 Å². The molecule has 7 nitrogen and oxygen atoms in total.